The van der Waals surface area contributed by atoms with Crippen molar-refractivity contribution in [2.45, 2.75) is 26.7 Å². The summed E-state index contributed by atoms with van der Waals surface area (Å²) in [6.07, 6.45) is 3.17. The summed E-state index contributed by atoms with van der Waals surface area (Å²) in [6, 6.07) is 0. The highest BCUT2D eigenvalue weighted by molar-refractivity contribution is 6.32. The van der Waals surface area contributed by atoms with Gasteiger partial charge in [0.05, 0.1) is 18.5 Å². The summed E-state index contributed by atoms with van der Waals surface area (Å²) in [5.41, 5.74) is -0.110. The van der Waals surface area contributed by atoms with Gasteiger partial charge in [-0.05, 0) is 12.8 Å². The maximum atomic E-state index is 11.2. The second-order valence-corrected chi connectivity index (χ2v) is 4.52. The zero-order valence-corrected chi connectivity index (χ0v) is 10.8. The summed E-state index contributed by atoms with van der Waals surface area (Å²) in [5, 5.41) is 18.5. The molecule has 0 fully saturated rings. The van der Waals surface area contributed by atoms with Crippen LogP contribution in [0.3, 0.4) is 0 Å². The lowest BCUT2D eigenvalue weighted by atomic mass is 9.83. The predicted octanol–water partition coefficient (Wildman–Crippen LogP) is 1.63. The molecule has 0 aliphatic carbocycles. The first-order chi connectivity index (χ1) is 8.08. The zero-order valence-electron chi connectivity index (χ0n) is 10.1. The molecule has 17 heavy (non-hydrogen) atoms. The van der Waals surface area contributed by atoms with Gasteiger partial charge in [-0.2, -0.15) is 5.10 Å². The van der Waals surface area contributed by atoms with Crippen molar-refractivity contribution in [3.8, 4) is 0 Å². The molecule has 6 heteroatoms. The molecule has 1 aromatic heterocycles. The summed E-state index contributed by atoms with van der Waals surface area (Å²) in [5.74, 6) is 0. The Labute approximate surface area is 105 Å². The van der Waals surface area contributed by atoms with E-state index in [1.807, 2.05) is 13.8 Å². The van der Waals surface area contributed by atoms with E-state index in [9.17, 15) is 9.90 Å². The van der Waals surface area contributed by atoms with E-state index in [2.05, 4.69) is 15.5 Å². The number of aliphatic hydroxyl groups excluding tert-OH is 1. The smallest absolute Gasteiger partial charge is 0.285 e. The Hall–Kier alpha value is -1.07. The Morgan fingerprint density at radius 1 is 1.53 bits per heavy atom. The molecule has 0 aromatic carbocycles. The van der Waals surface area contributed by atoms with Gasteiger partial charge in [0.15, 0.2) is 0 Å². The average molecular weight is 260 g/mol. The molecule has 1 rings (SSSR count). The van der Waals surface area contributed by atoms with Gasteiger partial charge in [0.2, 0.25) is 0 Å². The molecule has 0 amide bonds. The lowest BCUT2D eigenvalue weighted by Gasteiger charge is -2.30. The number of anilines is 1. The molecular formula is C11H18ClN3O2. The molecule has 1 aromatic rings. The Bertz CT molecular complexity index is 407. The Morgan fingerprint density at radius 3 is 2.71 bits per heavy atom. The van der Waals surface area contributed by atoms with Crippen molar-refractivity contribution in [1.29, 1.82) is 0 Å². The Balaban J connectivity index is 2.79. The lowest BCUT2D eigenvalue weighted by Crippen LogP contribution is -2.32. The van der Waals surface area contributed by atoms with E-state index in [-0.39, 0.29) is 17.0 Å². The molecular weight excluding hydrogens is 242 g/mol. The van der Waals surface area contributed by atoms with Gasteiger partial charge in [0, 0.05) is 12.0 Å². The molecule has 1 heterocycles. The third kappa shape index (κ3) is 3.20. The Morgan fingerprint density at radius 2 is 2.18 bits per heavy atom. The fraction of sp³-hybridized carbons (Fsp3) is 0.636. The summed E-state index contributed by atoms with van der Waals surface area (Å²) in [4.78, 5) is 11.2. The van der Waals surface area contributed by atoms with E-state index in [1.165, 1.54) is 6.20 Å². The first-order valence-electron chi connectivity index (χ1n) is 5.66. The van der Waals surface area contributed by atoms with Crippen molar-refractivity contribution >= 4 is 17.3 Å². The fourth-order valence-electron chi connectivity index (χ4n) is 1.57. The summed E-state index contributed by atoms with van der Waals surface area (Å²) >= 11 is 5.84. The van der Waals surface area contributed by atoms with E-state index in [0.717, 1.165) is 12.8 Å². The van der Waals surface area contributed by atoms with Gasteiger partial charge in [0.25, 0.3) is 5.56 Å². The standard InChI is InChI=1S/C11H18ClN3O2/c1-3-11(4-2,7-16)6-13-8-5-14-15-10(17)9(8)12/h5,16H,3-4,6-7H2,1-2H3,(H2,13,15,17). The van der Waals surface area contributed by atoms with Crippen LogP contribution < -0.4 is 10.9 Å². The molecule has 0 aliphatic rings. The van der Waals surface area contributed by atoms with Gasteiger partial charge in [-0.1, -0.05) is 25.4 Å². The van der Waals surface area contributed by atoms with Gasteiger partial charge >= 0.3 is 0 Å². The quantitative estimate of drug-likeness (QED) is 0.726. The molecule has 0 bridgehead atoms. The zero-order chi connectivity index (χ0) is 12.9. The number of hydrogen-bond acceptors (Lipinski definition) is 4. The third-order valence-corrected chi connectivity index (χ3v) is 3.66. The first-order valence-corrected chi connectivity index (χ1v) is 6.04. The second kappa shape index (κ2) is 6.02. The van der Waals surface area contributed by atoms with Gasteiger partial charge in [-0.25, -0.2) is 5.10 Å². The van der Waals surface area contributed by atoms with Crippen LogP contribution in [0.1, 0.15) is 26.7 Å². The third-order valence-electron chi connectivity index (χ3n) is 3.28. The SMILES string of the molecule is CCC(CC)(CO)CNc1cn[nH]c(=O)c1Cl. The maximum absolute atomic E-state index is 11.2. The summed E-state index contributed by atoms with van der Waals surface area (Å²) in [7, 11) is 0. The molecule has 0 saturated heterocycles. The number of hydrogen-bond donors (Lipinski definition) is 3. The van der Waals surface area contributed by atoms with Crippen molar-refractivity contribution < 1.29 is 5.11 Å². The van der Waals surface area contributed by atoms with E-state index >= 15 is 0 Å². The minimum Gasteiger partial charge on any atom is -0.396 e. The number of nitrogens with one attached hydrogen (secondary N) is 2. The van der Waals surface area contributed by atoms with Crippen LogP contribution in [-0.2, 0) is 0 Å². The topological polar surface area (TPSA) is 78.0 Å². The normalized spacial score (nSPS) is 11.5. The van der Waals surface area contributed by atoms with Crippen molar-refractivity contribution in [2.75, 3.05) is 18.5 Å². The molecule has 0 radical (unpaired) electrons. The highest BCUT2D eigenvalue weighted by Gasteiger charge is 2.25. The number of H-pyrrole nitrogens is 1. The number of aromatic nitrogens is 2. The van der Waals surface area contributed by atoms with Gasteiger partial charge < -0.3 is 10.4 Å². The number of rotatable bonds is 6. The van der Waals surface area contributed by atoms with Gasteiger partial charge in [-0.15, -0.1) is 0 Å². The second-order valence-electron chi connectivity index (χ2n) is 4.15. The molecule has 3 N–H and O–H groups in total. The van der Waals surface area contributed by atoms with Crippen LogP contribution in [0.4, 0.5) is 5.69 Å². The van der Waals surface area contributed by atoms with Crippen molar-refractivity contribution in [3.63, 3.8) is 0 Å². The number of halogens is 1. The van der Waals surface area contributed by atoms with Crippen LogP contribution in [0.25, 0.3) is 0 Å². The van der Waals surface area contributed by atoms with E-state index in [0.29, 0.717) is 12.2 Å². The molecule has 0 saturated carbocycles. The average Bonchev–Trinajstić information content (AvgIpc) is 2.36. The molecule has 96 valence electrons. The number of aliphatic hydroxyl groups is 1. The largest absolute Gasteiger partial charge is 0.396 e. The van der Waals surface area contributed by atoms with E-state index < -0.39 is 5.56 Å². The summed E-state index contributed by atoms with van der Waals surface area (Å²) in [6.45, 7) is 4.71. The van der Waals surface area contributed by atoms with E-state index in [4.69, 9.17) is 11.6 Å². The van der Waals surface area contributed by atoms with Gasteiger partial charge in [-0.3, -0.25) is 4.79 Å². The van der Waals surface area contributed by atoms with Crippen LogP contribution in [0.15, 0.2) is 11.0 Å². The van der Waals surface area contributed by atoms with Crippen LogP contribution in [0, 0.1) is 5.41 Å². The lowest BCUT2D eigenvalue weighted by molar-refractivity contribution is 0.127. The monoisotopic (exact) mass is 259 g/mol. The van der Waals surface area contributed by atoms with Crippen molar-refractivity contribution in [1.82, 2.24) is 10.2 Å². The summed E-state index contributed by atoms with van der Waals surface area (Å²) < 4.78 is 0. The minimum absolute atomic E-state index is 0.0963. The fourth-order valence-corrected chi connectivity index (χ4v) is 1.73. The highest BCUT2D eigenvalue weighted by atomic mass is 35.5. The minimum atomic E-state index is -0.417. The highest BCUT2D eigenvalue weighted by Crippen LogP contribution is 2.26. The number of nitrogens with zero attached hydrogens (tertiary/aromatic N) is 1. The van der Waals surface area contributed by atoms with Crippen molar-refractivity contribution in [3.05, 3.63) is 21.6 Å². The van der Waals surface area contributed by atoms with Crippen molar-refractivity contribution in [2.24, 2.45) is 5.41 Å². The number of aromatic amines is 1. The van der Waals surface area contributed by atoms with Crippen LogP contribution in [-0.4, -0.2) is 28.5 Å². The van der Waals surface area contributed by atoms with E-state index in [1.54, 1.807) is 0 Å². The molecule has 0 unspecified atom stereocenters. The molecule has 0 atom stereocenters. The predicted molar refractivity (Wildman–Crippen MR) is 68.5 cm³/mol. The first kappa shape index (κ1) is 14.0. The molecule has 0 aliphatic heterocycles. The molecule has 5 nitrogen and oxygen atoms in total. The van der Waals surface area contributed by atoms with Crippen LogP contribution in [0.2, 0.25) is 5.02 Å². The van der Waals surface area contributed by atoms with Crippen LogP contribution >= 0.6 is 11.6 Å². The Kier molecular flexibility index (Phi) is 4.96. The molecule has 0 spiro atoms. The maximum Gasteiger partial charge on any atom is 0.285 e. The van der Waals surface area contributed by atoms with Gasteiger partial charge in [0.1, 0.15) is 5.02 Å². The van der Waals surface area contributed by atoms with Crippen LogP contribution in [0.5, 0.6) is 0 Å².